The minimum absolute atomic E-state index is 0.102. The maximum atomic E-state index is 11.5. The summed E-state index contributed by atoms with van der Waals surface area (Å²) in [6.07, 6.45) is 1.13. The van der Waals surface area contributed by atoms with Crippen LogP contribution in [0.25, 0.3) is 0 Å². The summed E-state index contributed by atoms with van der Waals surface area (Å²) in [4.78, 5) is 15.7. The lowest BCUT2D eigenvalue weighted by Crippen LogP contribution is -2.20. The molecule has 1 N–H and O–H groups in total. The van der Waals surface area contributed by atoms with Gasteiger partial charge in [-0.05, 0) is 13.3 Å². The molecule has 1 unspecified atom stereocenters. The van der Waals surface area contributed by atoms with Crippen LogP contribution in [-0.4, -0.2) is 44.9 Å². The van der Waals surface area contributed by atoms with Crippen molar-refractivity contribution < 1.29 is 22.1 Å². The van der Waals surface area contributed by atoms with Crippen LogP contribution in [0, 0.1) is 0 Å². The van der Waals surface area contributed by atoms with Gasteiger partial charge >= 0.3 is 5.97 Å². The highest BCUT2D eigenvalue weighted by Crippen LogP contribution is 2.28. The Morgan fingerprint density at radius 2 is 2.35 bits per heavy atom. The molecule has 0 bridgehead atoms. The van der Waals surface area contributed by atoms with E-state index in [0.29, 0.717) is 19.6 Å². The molecule has 0 aromatic carbocycles. The molecule has 2 atom stereocenters. The zero-order chi connectivity index (χ0) is 14.8. The summed E-state index contributed by atoms with van der Waals surface area (Å²) in [5.74, 6) is -0.447. The van der Waals surface area contributed by atoms with E-state index < -0.39 is 22.2 Å². The van der Waals surface area contributed by atoms with Gasteiger partial charge in [0, 0.05) is 11.9 Å². The number of carbonyl (C=O) groups is 1. The molecule has 1 aromatic heterocycles. The molecule has 1 aromatic rings. The highest BCUT2D eigenvalue weighted by molar-refractivity contribution is 7.86. The SMILES string of the molecule is CCOC(=O)c1csc(C2C[C@@H](OS(C)(=O)=O)CN2)n1. The second-order valence-electron chi connectivity index (χ2n) is 4.41. The number of rotatable bonds is 5. The summed E-state index contributed by atoms with van der Waals surface area (Å²) < 4.78 is 32.0. The van der Waals surface area contributed by atoms with Gasteiger partial charge in [-0.1, -0.05) is 0 Å². The largest absolute Gasteiger partial charge is 0.461 e. The Labute approximate surface area is 121 Å². The summed E-state index contributed by atoms with van der Waals surface area (Å²) in [6, 6.07) is -0.102. The summed E-state index contributed by atoms with van der Waals surface area (Å²) in [5.41, 5.74) is 0.279. The summed E-state index contributed by atoms with van der Waals surface area (Å²) in [7, 11) is -3.46. The number of carbonyl (C=O) groups excluding carboxylic acids is 1. The fourth-order valence-electron chi connectivity index (χ4n) is 1.96. The highest BCUT2D eigenvalue weighted by atomic mass is 32.2. The van der Waals surface area contributed by atoms with Crippen molar-refractivity contribution in [2.24, 2.45) is 0 Å². The predicted molar refractivity (Wildman–Crippen MR) is 73.1 cm³/mol. The van der Waals surface area contributed by atoms with Gasteiger partial charge in [-0.25, -0.2) is 9.78 Å². The van der Waals surface area contributed by atoms with Crippen molar-refractivity contribution in [2.75, 3.05) is 19.4 Å². The molecule has 1 saturated heterocycles. The van der Waals surface area contributed by atoms with E-state index in [2.05, 4.69) is 10.3 Å². The number of nitrogens with zero attached hydrogens (tertiary/aromatic N) is 1. The quantitative estimate of drug-likeness (QED) is 0.630. The van der Waals surface area contributed by atoms with E-state index >= 15 is 0 Å². The van der Waals surface area contributed by atoms with Crippen molar-refractivity contribution in [2.45, 2.75) is 25.5 Å². The molecule has 2 rings (SSSR count). The Hall–Kier alpha value is -1.03. The molecule has 2 heterocycles. The van der Waals surface area contributed by atoms with Crippen molar-refractivity contribution >= 4 is 27.4 Å². The van der Waals surface area contributed by atoms with Crippen LogP contribution in [0.1, 0.15) is 34.9 Å². The fourth-order valence-corrected chi connectivity index (χ4v) is 3.48. The topological polar surface area (TPSA) is 94.6 Å². The van der Waals surface area contributed by atoms with E-state index in [0.717, 1.165) is 11.3 Å². The number of hydrogen-bond acceptors (Lipinski definition) is 8. The standard InChI is InChI=1S/C11H16N2O5S2/c1-3-17-11(14)9-6-19-10(13-9)8-4-7(5-12-8)18-20(2,15)16/h6-8,12H,3-5H2,1-2H3/t7-,8?/m1/s1. The van der Waals surface area contributed by atoms with Gasteiger partial charge in [0.1, 0.15) is 5.01 Å². The van der Waals surface area contributed by atoms with E-state index in [1.165, 1.54) is 11.3 Å². The Bertz CT molecular complexity index is 583. The van der Waals surface area contributed by atoms with Crippen LogP contribution in [-0.2, 0) is 19.0 Å². The minimum Gasteiger partial charge on any atom is -0.461 e. The fraction of sp³-hybridized carbons (Fsp3) is 0.636. The third kappa shape index (κ3) is 3.98. The molecule has 112 valence electrons. The normalized spacial score (nSPS) is 22.9. The van der Waals surface area contributed by atoms with E-state index in [4.69, 9.17) is 8.92 Å². The first-order valence-corrected chi connectivity index (χ1v) is 8.83. The molecular weight excluding hydrogens is 304 g/mol. The Balaban J connectivity index is 1.98. The number of aromatic nitrogens is 1. The van der Waals surface area contributed by atoms with E-state index in [1.807, 2.05) is 0 Å². The maximum absolute atomic E-state index is 11.5. The van der Waals surface area contributed by atoms with Gasteiger partial charge < -0.3 is 10.1 Å². The Morgan fingerprint density at radius 3 is 3.00 bits per heavy atom. The van der Waals surface area contributed by atoms with Crippen LogP contribution in [0.4, 0.5) is 0 Å². The number of thiazole rings is 1. The van der Waals surface area contributed by atoms with E-state index in [1.54, 1.807) is 12.3 Å². The van der Waals surface area contributed by atoms with Crippen LogP contribution in [0.5, 0.6) is 0 Å². The van der Waals surface area contributed by atoms with Gasteiger partial charge in [0.05, 0.1) is 25.0 Å². The lowest BCUT2D eigenvalue weighted by atomic mass is 10.2. The Morgan fingerprint density at radius 1 is 1.60 bits per heavy atom. The minimum atomic E-state index is -3.46. The van der Waals surface area contributed by atoms with Crippen LogP contribution in [0.2, 0.25) is 0 Å². The molecule has 20 heavy (non-hydrogen) atoms. The Kier molecular flexibility index (Phi) is 4.74. The lowest BCUT2D eigenvalue weighted by molar-refractivity contribution is 0.0520. The number of esters is 1. The molecule has 0 aliphatic carbocycles. The highest BCUT2D eigenvalue weighted by Gasteiger charge is 2.30. The smallest absolute Gasteiger partial charge is 0.357 e. The lowest BCUT2D eigenvalue weighted by Gasteiger charge is -2.07. The van der Waals surface area contributed by atoms with E-state index in [-0.39, 0.29) is 11.7 Å². The van der Waals surface area contributed by atoms with Crippen molar-refractivity contribution in [1.82, 2.24) is 10.3 Å². The second kappa shape index (κ2) is 6.17. The first-order valence-electron chi connectivity index (χ1n) is 6.13. The van der Waals surface area contributed by atoms with Gasteiger partial charge in [-0.15, -0.1) is 11.3 Å². The molecule has 1 aliphatic rings. The zero-order valence-electron chi connectivity index (χ0n) is 11.2. The first kappa shape index (κ1) is 15.4. The van der Waals surface area contributed by atoms with Crippen LogP contribution >= 0.6 is 11.3 Å². The molecule has 0 radical (unpaired) electrons. The third-order valence-electron chi connectivity index (χ3n) is 2.71. The van der Waals surface area contributed by atoms with Crippen LogP contribution < -0.4 is 5.32 Å². The molecule has 0 saturated carbocycles. The predicted octanol–water partition coefficient (Wildman–Crippen LogP) is 0.699. The molecule has 1 aliphatic heterocycles. The second-order valence-corrected chi connectivity index (χ2v) is 6.90. The first-order chi connectivity index (χ1) is 9.39. The summed E-state index contributed by atoms with van der Waals surface area (Å²) in [6.45, 7) is 2.47. The average molecular weight is 320 g/mol. The number of hydrogen-bond donors (Lipinski definition) is 1. The van der Waals surface area contributed by atoms with Crippen molar-refractivity contribution in [3.05, 3.63) is 16.1 Å². The summed E-state index contributed by atoms with van der Waals surface area (Å²) >= 11 is 1.34. The van der Waals surface area contributed by atoms with Crippen molar-refractivity contribution in [1.29, 1.82) is 0 Å². The molecule has 7 nitrogen and oxygen atoms in total. The maximum Gasteiger partial charge on any atom is 0.357 e. The van der Waals surface area contributed by atoms with Gasteiger partial charge in [0.25, 0.3) is 10.1 Å². The molecule has 0 amide bonds. The van der Waals surface area contributed by atoms with Gasteiger partial charge in [0.15, 0.2) is 5.69 Å². The zero-order valence-corrected chi connectivity index (χ0v) is 12.8. The summed E-state index contributed by atoms with van der Waals surface area (Å²) in [5, 5.41) is 5.50. The van der Waals surface area contributed by atoms with Crippen molar-refractivity contribution in [3.63, 3.8) is 0 Å². The number of nitrogens with one attached hydrogen (secondary N) is 1. The molecule has 0 spiro atoms. The van der Waals surface area contributed by atoms with Crippen LogP contribution in [0.3, 0.4) is 0 Å². The average Bonchev–Trinajstić information content (AvgIpc) is 2.95. The van der Waals surface area contributed by atoms with Gasteiger partial charge in [-0.2, -0.15) is 8.42 Å². The number of ether oxygens (including phenoxy) is 1. The molecular formula is C11H16N2O5S2. The van der Waals surface area contributed by atoms with E-state index in [9.17, 15) is 13.2 Å². The third-order valence-corrected chi connectivity index (χ3v) is 4.29. The molecule has 9 heteroatoms. The van der Waals surface area contributed by atoms with Gasteiger partial charge in [0.2, 0.25) is 0 Å². The monoisotopic (exact) mass is 320 g/mol. The van der Waals surface area contributed by atoms with Gasteiger partial charge in [-0.3, -0.25) is 4.18 Å². The van der Waals surface area contributed by atoms with Crippen LogP contribution in [0.15, 0.2) is 5.38 Å². The van der Waals surface area contributed by atoms with Crippen molar-refractivity contribution in [3.8, 4) is 0 Å². The molecule has 1 fully saturated rings.